The zero-order chi connectivity index (χ0) is 9.00. The fourth-order valence-corrected chi connectivity index (χ4v) is 0. The molecule has 0 aromatic carbocycles. The molecule has 0 amide bonds. The van der Waals surface area contributed by atoms with Gasteiger partial charge in [-0.3, -0.25) is 0 Å². The second-order valence-corrected chi connectivity index (χ2v) is 2.88. The van der Waals surface area contributed by atoms with Crippen LogP contribution >= 0.6 is 15.6 Å². The third kappa shape index (κ3) is 312. The van der Waals surface area contributed by atoms with E-state index in [4.69, 9.17) is 38.5 Å². The molecule has 0 radical (unpaired) electrons. The number of hydrogen-bond donors (Lipinski definition) is 3. The van der Waals surface area contributed by atoms with Crippen LogP contribution in [0.1, 0.15) is 0 Å². The van der Waals surface area contributed by atoms with Gasteiger partial charge in [-0.1, -0.05) is 0 Å². The number of phosphoric acid groups is 2. The third-order valence-corrected chi connectivity index (χ3v) is 0. The van der Waals surface area contributed by atoms with E-state index in [9.17, 15) is 0 Å². The Morgan fingerprint density at radius 2 is 0.917 bits per heavy atom. The van der Waals surface area contributed by atoms with Gasteiger partial charge in [0.2, 0.25) is 0 Å². The molecule has 12 heteroatoms. The van der Waals surface area contributed by atoms with Crippen LogP contribution in [-0.2, 0) is 31.5 Å². The average molecular weight is 341 g/mol. The number of rotatable bonds is 0. The molecule has 0 unspecified atom stereocenters. The van der Waals surface area contributed by atoms with E-state index in [1.807, 2.05) is 0 Å². The molecule has 0 spiro atoms. The molecular formula is H3AgCaO8P2. The predicted octanol–water partition coefficient (Wildman–Crippen LogP) is -4.14. The minimum Gasteiger partial charge on any atom is -0.822 e. The molecule has 0 atom stereocenters. The summed E-state index contributed by atoms with van der Waals surface area (Å²) in [5.74, 6) is 0. The van der Waals surface area contributed by atoms with Crippen LogP contribution in [0.15, 0.2) is 0 Å². The molecular weight excluding hydrogens is 338 g/mol. The van der Waals surface area contributed by atoms with Crippen LogP contribution in [0.5, 0.6) is 0 Å². The van der Waals surface area contributed by atoms with Crippen LogP contribution in [0.25, 0.3) is 0 Å². The summed E-state index contributed by atoms with van der Waals surface area (Å²) in [7, 11) is -10.0. The Kier molecular flexibility index (Phi) is 19.4. The first kappa shape index (κ1) is 23.8. The van der Waals surface area contributed by atoms with E-state index in [2.05, 4.69) is 0 Å². The summed E-state index contributed by atoms with van der Waals surface area (Å²) >= 11 is 0. The summed E-state index contributed by atoms with van der Waals surface area (Å²) in [4.78, 5) is 47.2. The Bertz CT molecular complexity index is 129. The second kappa shape index (κ2) is 9.76. The zero-order valence-electron chi connectivity index (χ0n) is 5.29. The van der Waals surface area contributed by atoms with Crippen LogP contribution < -0.4 is 14.7 Å². The molecule has 74 valence electrons. The third-order valence-electron chi connectivity index (χ3n) is 0. The van der Waals surface area contributed by atoms with E-state index < -0.39 is 15.6 Å². The molecule has 8 nitrogen and oxygen atoms in total. The Hall–Kier alpha value is 2.22. The first-order valence-corrected chi connectivity index (χ1v) is 4.54. The van der Waals surface area contributed by atoms with E-state index in [0.717, 1.165) is 0 Å². The molecule has 0 saturated heterocycles. The fraction of sp³-hybridized carbons (Fsp3) is 0. The van der Waals surface area contributed by atoms with E-state index in [0.29, 0.717) is 0 Å². The van der Waals surface area contributed by atoms with Gasteiger partial charge in [-0.2, -0.15) is 7.82 Å². The molecule has 3 N–H and O–H groups in total. The Labute approximate surface area is 113 Å². The smallest absolute Gasteiger partial charge is 0.822 e. The molecule has 0 saturated carbocycles. The van der Waals surface area contributed by atoms with Gasteiger partial charge in [0.1, 0.15) is 0 Å². The fourth-order valence-electron chi connectivity index (χ4n) is 0. The molecule has 0 aromatic rings. The molecule has 0 heterocycles. The molecule has 0 aliphatic heterocycles. The largest absolute Gasteiger partial charge is 2.00 e. The van der Waals surface area contributed by atoms with Crippen LogP contribution in [0.3, 0.4) is 0 Å². The summed E-state index contributed by atoms with van der Waals surface area (Å²) in [5.41, 5.74) is 0. The Morgan fingerprint density at radius 3 is 0.917 bits per heavy atom. The van der Waals surface area contributed by atoms with Crippen molar-refractivity contribution in [2.75, 3.05) is 0 Å². The van der Waals surface area contributed by atoms with Gasteiger partial charge in [0.15, 0.2) is 0 Å². The SMILES string of the molecule is O=P(O)(O)O.O=P([O-])([O-])[O-].[Ag+].[Ca+2]. The van der Waals surface area contributed by atoms with Gasteiger partial charge in [-0.05, 0) is 0 Å². The van der Waals surface area contributed by atoms with E-state index in [1.165, 1.54) is 0 Å². The molecule has 0 bridgehead atoms. The van der Waals surface area contributed by atoms with Gasteiger partial charge in [0.25, 0.3) is 0 Å². The quantitative estimate of drug-likeness (QED) is 0.295. The van der Waals surface area contributed by atoms with Gasteiger partial charge in [-0.25, -0.2) is 4.57 Å². The minimum absolute atomic E-state index is 0. The van der Waals surface area contributed by atoms with Crippen LogP contribution in [0.2, 0.25) is 0 Å². The maximum atomic E-state index is 8.88. The van der Waals surface area contributed by atoms with Crippen molar-refractivity contribution < 1.29 is 60.9 Å². The number of hydrogen-bond acceptors (Lipinski definition) is 5. The van der Waals surface area contributed by atoms with Crippen molar-refractivity contribution in [2.24, 2.45) is 0 Å². The van der Waals surface area contributed by atoms with Crippen LogP contribution in [-0.4, -0.2) is 52.4 Å². The van der Waals surface area contributed by atoms with Gasteiger partial charge in [0, 0.05) is 0 Å². The summed E-state index contributed by atoms with van der Waals surface area (Å²) < 4.78 is 17.4. The molecule has 0 aliphatic carbocycles. The summed E-state index contributed by atoms with van der Waals surface area (Å²) in [6, 6.07) is 0. The van der Waals surface area contributed by atoms with Crippen molar-refractivity contribution in [1.82, 2.24) is 0 Å². The van der Waals surface area contributed by atoms with Gasteiger partial charge < -0.3 is 33.9 Å². The Morgan fingerprint density at radius 1 is 0.917 bits per heavy atom. The normalized spacial score (nSPS) is 9.83. The topological polar surface area (TPSA) is 164 Å². The van der Waals surface area contributed by atoms with Crippen molar-refractivity contribution in [3.63, 3.8) is 0 Å². The summed E-state index contributed by atoms with van der Waals surface area (Å²) in [6.07, 6.45) is 0. The van der Waals surface area contributed by atoms with E-state index in [-0.39, 0.29) is 60.1 Å². The van der Waals surface area contributed by atoms with Crippen LogP contribution in [0.4, 0.5) is 0 Å². The Balaban J connectivity index is -0.0000000457. The van der Waals surface area contributed by atoms with Gasteiger partial charge >= 0.3 is 67.9 Å². The van der Waals surface area contributed by atoms with Crippen molar-refractivity contribution in [3.05, 3.63) is 0 Å². The predicted molar refractivity (Wildman–Crippen MR) is 27.6 cm³/mol. The maximum Gasteiger partial charge on any atom is 2.00 e. The first-order chi connectivity index (χ1) is 4.00. The first-order valence-electron chi connectivity index (χ1n) is 1.51. The summed E-state index contributed by atoms with van der Waals surface area (Å²) in [5, 5.41) is 0. The standard InChI is InChI=1S/Ag.Ca.2H3O4P/c;;2*1-5(2,3)4/h;;2*(H3,1,2,3,4)/q+1;+2;;/p-3. The molecule has 0 aliphatic rings. The van der Waals surface area contributed by atoms with Crippen molar-refractivity contribution in [1.29, 1.82) is 0 Å². The van der Waals surface area contributed by atoms with E-state index >= 15 is 0 Å². The summed E-state index contributed by atoms with van der Waals surface area (Å²) in [6.45, 7) is 0. The zero-order valence-corrected chi connectivity index (χ0v) is 10.8. The van der Waals surface area contributed by atoms with Crippen molar-refractivity contribution in [3.8, 4) is 0 Å². The van der Waals surface area contributed by atoms with E-state index in [1.54, 1.807) is 0 Å². The molecule has 0 rings (SSSR count). The minimum atomic E-state index is -5.39. The second-order valence-electron chi connectivity index (χ2n) is 0.960. The molecule has 0 aromatic heterocycles. The van der Waals surface area contributed by atoms with Gasteiger partial charge in [-0.15, -0.1) is 0 Å². The van der Waals surface area contributed by atoms with Crippen molar-refractivity contribution in [2.45, 2.75) is 0 Å². The molecule has 0 fully saturated rings. The van der Waals surface area contributed by atoms with Crippen molar-refractivity contribution >= 4 is 53.4 Å². The maximum absolute atomic E-state index is 8.88. The average Bonchev–Trinajstić information content (AvgIpc) is 1.12. The van der Waals surface area contributed by atoms with Crippen LogP contribution in [0, 0.1) is 0 Å². The molecule has 12 heavy (non-hydrogen) atoms. The van der Waals surface area contributed by atoms with Gasteiger partial charge in [0.05, 0.1) is 0 Å². The monoisotopic (exact) mass is 340 g/mol.